The Kier molecular flexibility index (Phi) is 5.34. The molecule has 0 spiro atoms. The van der Waals surface area contributed by atoms with Gasteiger partial charge in [0.25, 0.3) is 5.91 Å². The van der Waals surface area contributed by atoms with Crippen molar-refractivity contribution in [3.05, 3.63) is 48.3 Å². The first-order chi connectivity index (χ1) is 12.1. The Morgan fingerprint density at radius 3 is 2.72 bits per heavy atom. The normalized spacial score (nSPS) is 20.4. The van der Waals surface area contributed by atoms with Crippen LogP contribution in [-0.2, 0) is 0 Å². The van der Waals surface area contributed by atoms with E-state index in [1.807, 2.05) is 35.2 Å². The van der Waals surface area contributed by atoms with Crippen LogP contribution in [0, 0.1) is 5.92 Å². The number of hydrogen-bond donors (Lipinski definition) is 1. The minimum Gasteiger partial charge on any atom is -0.497 e. The van der Waals surface area contributed by atoms with Gasteiger partial charge in [-0.15, -0.1) is 0 Å². The molecule has 1 aromatic carbocycles. The van der Waals surface area contributed by atoms with Crippen molar-refractivity contribution in [2.24, 2.45) is 11.7 Å². The van der Waals surface area contributed by atoms with Gasteiger partial charge in [-0.1, -0.05) is 19.1 Å². The molecule has 1 fully saturated rings. The number of nitrogens with two attached hydrogens (primary N) is 1. The number of carbonyl (C=O) groups excluding carboxylic acids is 1. The molecule has 5 nitrogen and oxygen atoms in total. The largest absolute Gasteiger partial charge is 0.497 e. The molecule has 1 saturated heterocycles. The molecular weight excluding hydrogens is 314 g/mol. The van der Waals surface area contributed by atoms with Crippen molar-refractivity contribution in [2.45, 2.75) is 25.8 Å². The highest BCUT2D eigenvalue weighted by atomic mass is 16.5. The number of amides is 1. The molecule has 0 bridgehead atoms. The lowest BCUT2D eigenvalue weighted by atomic mass is 9.90. The molecule has 0 aliphatic carbocycles. The smallest absolute Gasteiger partial charge is 0.255 e. The Morgan fingerprint density at radius 1 is 1.28 bits per heavy atom. The molecule has 132 valence electrons. The molecule has 2 N–H and O–H groups in total. The molecule has 3 rings (SSSR count). The van der Waals surface area contributed by atoms with Crippen molar-refractivity contribution in [1.82, 2.24) is 9.88 Å². The van der Waals surface area contributed by atoms with Crippen molar-refractivity contribution in [2.75, 3.05) is 20.2 Å². The predicted octanol–water partition coefficient (Wildman–Crippen LogP) is 2.96. The fraction of sp³-hybridized carbons (Fsp3) is 0.400. The number of ether oxygens (including phenoxy) is 1. The summed E-state index contributed by atoms with van der Waals surface area (Å²) in [4.78, 5) is 19.2. The summed E-state index contributed by atoms with van der Waals surface area (Å²) in [5, 5.41) is 0. The van der Waals surface area contributed by atoms with Crippen molar-refractivity contribution < 1.29 is 9.53 Å². The summed E-state index contributed by atoms with van der Waals surface area (Å²) in [6, 6.07) is 9.75. The highest BCUT2D eigenvalue weighted by Gasteiger charge is 2.31. The Hall–Kier alpha value is -2.40. The van der Waals surface area contributed by atoms with E-state index in [9.17, 15) is 4.79 Å². The van der Waals surface area contributed by atoms with Crippen LogP contribution in [0.25, 0.3) is 11.1 Å². The van der Waals surface area contributed by atoms with E-state index in [-0.39, 0.29) is 11.9 Å². The average Bonchev–Trinajstić information content (AvgIpc) is 2.67. The minimum absolute atomic E-state index is 0.0184. The Bertz CT molecular complexity index is 730. The van der Waals surface area contributed by atoms with Gasteiger partial charge in [0.05, 0.1) is 12.7 Å². The summed E-state index contributed by atoms with van der Waals surface area (Å²) in [6.45, 7) is 3.43. The lowest BCUT2D eigenvalue weighted by molar-refractivity contribution is 0.0532. The van der Waals surface area contributed by atoms with Crippen LogP contribution in [0.1, 0.15) is 30.1 Å². The third-order valence-electron chi connectivity index (χ3n) is 5.03. The van der Waals surface area contributed by atoms with E-state index in [2.05, 4.69) is 11.9 Å². The zero-order valence-electron chi connectivity index (χ0n) is 14.8. The molecule has 0 saturated carbocycles. The number of nitrogens with zero attached hydrogens (tertiary/aromatic N) is 2. The van der Waals surface area contributed by atoms with Crippen LogP contribution in [0.4, 0.5) is 0 Å². The Labute approximate surface area is 148 Å². The second kappa shape index (κ2) is 7.66. The topological polar surface area (TPSA) is 68.5 Å². The van der Waals surface area contributed by atoms with Crippen molar-refractivity contribution in [3.8, 4) is 16.9 Å². The predicted molar refractivity (Wildman–Crippen MR) is 98.5 cm³/mol. The average molecular weight is 339 g/mol. The number of benzene rings is 1. The van der Waals surface area contributed by atoms with E-state index in [0.717, 1.165) is 36.3 Å². The number of carbonyl (C=O) groups is 1. The monoisotopic (exact) mass is 339 g/mol. The molecule has 2 atom stereocenters. The summed E-state index contributed by atoms with van der Waals surface area (Å²) >= 11 is 0. The molecule has 1 amide bonds. The quantitative estimate of drug-likeness (QED) is 0.930. The van der Waals surface area contributed by atoms with Gasteiger partial charge in [-0.2, -0.15) is 0 Å². The zero-order chi connectivity index (χ0) is 17.8. The molecular formula is C20H25N3O2. The van der Waals surface area contributed by atoms with Crippen LogP contribution in [0.2, 0.25) is 0 Å². The van der Waals surface area contributed by atoms with E-state index >= 15 is 0 Å². The third-order valence-corrected chi connectivity index (χ3v) is 5.03. The van der Waals surface area contributed by atoms with Crippen molar-refractivity contribution in [1.29, 1.82) is 0 Å². The first kappa shape index (κ1) is 17.4. The first-order valence-electron chi connectivity index (χ1n) is 8.74. The van der Waals surface area contributed by atoms with Crippen LogP contribution >= 0.6 is 0 Å². The van der Waals surface area contributed by atoms with E-state index in [1.54, 1.807) is 19.5 Å². The van der Waals surface area contributed by atoms with Crippen molar-refractivity contribution in [3.63, 3.8) is 0 Å². The van der Waals surface area contributed by atoms with Crippen LogP contribution < -0.4 is 10.5 Å². The van der Waals surface area contributed by atoms with E-state index in [1.165, 1.54) is 0 Å². The third kappa shape index (κ3) is 3.66. The van der Waals surface area contributed by atoms with Gasteiger partial charge >= 0.3 is 0 Å². The Morgan fingerprint density at radius 2 is 2.04 bits per heavy atom. The summed E-state index contributed by atoms with van der Waals surface area (Å²) in [5.41, 5.74) is 8.46. The second-order valence-electron chi connectivity index (χ2n) is 6.61. The maximum atomic E-state index is 13.0. The fourth-order valence-corrected chi connectivity index (χ4v) is 3.52. The highest BCUT2D eigenvalue weighted by molar-refractivity contribution is 5.95. The van der Waals surface area contributed by atoms with Gasteiger partial charge in [-0.05, 0) is 42.5 Å². The summed E-state index contributed by atoms with van der Waals surface area (Å²) in [7, 11) is 1.64. The molecule has 2 heterocycles. The van der Waals surface area contributed by atoms with Gasteiger partial charge in [-0.3, -0.25) is 9.78 Å². The van der Waals surface area contributed by atoms with Crippen LogP contribution in [-0.4, -0.2) is 42.0 Å². The maximum absolute atomic E-state index is 13.0. The molecule has 5 heteroatoms. The molecule has 0 unspecified atom stereocenters. The SMILES string of the molecule is COc1ccc(-c2cncc(C(=O)N3CCC[C@@H](C)[C@@H]3CN)c2)cc1. The Balaban J connectivity index is 1.86. The number of hydrogen-bond acceptors (Lipinski definition) is 4. The van der Waals surface area contributed by atoms with Gasteiger partial charge in [0.15, 0.2) is 0 Å². The molecule has 2 aromatic rings. The summed E-state index contributed by atoms with van der Waals surface area (Å²) in [5.74, 6) is 1.25. The van der Waals surface area contributed by atoms with Crippen molar-refractivity contribution >= 4 is 5.91 Å². The number of likely N-dealkylation sites (tertiary alicyclic amines) is 1. The first-order valence-corrected chi connectivity index (χ1v) is 8.74. The van der Waals surface area contributed by atoms with Gasteiger partial charge < -0.3 is 15.4 Å². The lowest BCUT2D eigenvalue weighted by Crippen LogP contribution is -2.51. The fourth-order valence-electron chi connectivity index (χ4n) is 3.52. The zero-order valence-corrected chi connectivity index (χ0v) is 14.8. The standard InChI is InChI=1S/C20H25N3O2/c1-14-4-3-9-23(19(14)11-21)20(24)17-10-16(12-22-13-17)15-5-7-18(25-2)8-6-15/h5-8,10,12-14,19H,3-4,9,11,21H2,1-2H3/t14-,19+/m1/s1. The number of rotatable bonds is 4. The molecule has 1 aromatic heterocycles. The van der Waals surface area contributed by atoms with Gasteiger partial charge in [0.1, 0.15) is 5.75 Å². The van der Waals surface area contributed by atoms with Gasteiger partial charge in [0, 0.05) is 37.1 Å². The molecule has 1 aliphatic heterocycles. The van der Waals surface area contributed by atoms with Crippen LogP contribution in [0.15, 0.2) is 42.7 Å². The van der Waals surface area contributed by atoms with E-state index < -0.39 is 0 Å². The number of pyridine rings is 1. The summed E-state index contributed by atoms with van der Waals surface area (Å²) in [6.07, 6.45) is 5.56. The van der Waals surface area contributed by atoms with Gasteiger partial charge in [-0.25, -0.2) is 0 Å². The molecule has 1 aliphatic rings. The minimum atomic E-state index is 0.0184. The summed E-state index contributed by atoms with van der Waals surface area (Å²) < 4.78 is 5.19. The van der Waals surface area contributed by atoms with E-state index in [0.29, 0.717) is 18.0 Å². The number of methoxy groups -OCH3 is 1. The molecule has 0 radical (unpaired) electrons. The van der Waals surface area contributed by atoms with E-state index in [4.69, 9.17) is 10.5 Å². The molecule has 25 heavy (non-hydrogen) atoms. The lowest BCUT2D eigenvalue weighted by Gasteiger charge is -2.39. The number of aromatic nitrogens is 1. The number of piperidine rings is 1. The van der Waals surface area contributed by atoms with Crippen LogP contribution in [0.3, 0.4) is 0 Å². The van der Waals surface area contributed by atoms with Gasteiger partial charge in [0.2, 0.25) is 0 Å². The highest BCUT2D eigenvalue weighted by Crippen LogP contribution is 2.26. The second-order valence-corrected chi connectivity index (χ2v) is 6.61. The van der Waals surface area contributed by atoms with Crippen LogP contribution in [0.5, 0.6) is 5.75 Å². The maximum Gasteiger partial charge on any atom is 0.255 e.